The van der Waals surface area contributed by atoms with Gasteiger partial charge in [-0.15, -0.1) is 0 Å². The quantitative estimate of drug-likeness (QED) is 0.791. The standard InChI is InChI=1S/C15H32N2/c1-6-12(11-14(4,5)16)15(17)10-8-7-9-13(15,2)3/h12H,6-11,16-17H2,1-5H3/t12-,15?/m0/s1. The number of rotatable bonds is 4. The molecule has 1 aliphatic rings. The fourth-order valence-electron chi connectivity index (χ4n) is 3.64. The summed E-state index contributed by atoms with van der Waals surface area (Å²) < 4.78 is 0. The van der Waals surface area contributed by atoms with Crippen LogP contribution in [0, 0.1) is 11.3 Å². The Labute approximate surface area is 108 Å². The normalized spacial score (nSPS) is 31.2. The van der Waals surface area contributed by atoms with Crippen molar-refractivity contribution >= 4 is 0 Å². The smallest absolute Gasteiger partial charge is 0.0235 e. The van der Waals surface area contributed by atoms with Gasteiger partial charge in [0.05, 0.1) is 0 Å². The van der Waals surface area contributed by atoms with Gasteiger partial charge in [0.15, 0.2) is 0 Å². The molecule has 2 atom stereocenters. The van der Waals surface area contributed by atoms with Crippen LogP contribution in [0.5, 0.6) is 0 Å². The summed E-state index contributed by atoms with van der Waals surface area (Å²) in [7, 11) is 0. The average Bonchev–Trinajstić information content (AvgIpc) is 2.17. The van der Waals surface area contributed by atoms with Crippen molar-refractivity contribution in [2.75, 3.05) is 0 Å². The first kappa shape index (κ1) is 15.0. The molecule has 0 radical (unpaired) electrons. The van der Waals surface area contributed by atoms with Crippen LogP contribution in [-0.4, -0.2) is 11.1 Å². The van der Waals surface area contributed by atoms with Crippen LogP contribution in [0.25, 0.3) is 0 Å². The van der Waals surface area contributed by atoms with Crippen LogP contribution >= 0.6 is 0 Å². The summed E-state index contributed by atoms with van der Waals surface area (Å²) in [6.45, 7) is 11.2. The average molecular weight is 240 g/mol. The Hall–Kier alpha value is -0.0800. The molecule has 1 aliphatic carbocycles. The lowest BCUT2D eigenvalue weighted by Crippen LogP contribution is -2.61. The van der Waals surface area contributed by atoms with Gasteiger partial charge in [-0.1, -0.05) is 40.0 Å². The second-order valence-electron chi connectivity index (χ2n) is 7.43. The Bertz CT molecular complexity index is 252. The van der Waals surface area contributed by atoms with E-state index in [-0.39, 0.29) is 16.5 Å². The Morgan fingerprint density at radius 1 is 1.18 bits per heavy atom. The van der Waals surface area contributed by atoms with Crippen molar-refractivity contribution in [1.29, 1.82) is 0 Å². The van der Waals surface area contributed by atoms with Crippen molar-refractivity contribution in [3.05, 3.63) is 0 Å². The van der Waals surface area contributed by atoms with Crippen molar-refractivity contribution in [2.24, 2.45) is 22.8 Å². The molecule has 2 nitrogen and oxygen atoms in total. The Balaban J connectivity index is 2.91. The Morgan fingerprint density at radius 3 is 2.12 bits per heavy atom. The van der Waals surface area contributed by atoms with Gasteiger partial charge in [0.25, 0.3) is 0 Å². The molecular formula is C15H32N2. The first-order valence-corrected chi connectivity index (χ1v) is 7.20. The van der Waals surface area contributed by atoms with Gasteiger partial charge in [-0.25, -0.2) is 0 Å². The lowest BCUT2D eigenvalue weighted by Gasteiger charge is -2.53. The van der Waals surface area contributed by atoms with E-state index < -0.39 is 0 Å². The first-order chi connectivity index (χ1) is 7.62. The molecule has 0 aromatic rings. The number of hydrogen-bond acceptors (Lipinski definition) is 2. The number of nitrogens with two attached hydrogens (primary N) is 2. The van der Waals surface area contributed by atoms with E-state index in [0.717, 1.165) is 19.3 Å². The zero-order valence-electron chi connectivity index (χ0n) is 12.5. The highest BCUT2D eigenvalue weighted by molar-refractivity contribution is 5.05. The predicted octanol–water partition coefficient (Wildman–Crippen LogP) is 3.44. The summed E-state index contributed by atoms with van der Waals surface area (Å²) in [6, 6.07) is 0. The Kier molecular flexibility index (Phi) is 4.31. The van der Waals surface area contributed by atoms with Crippen LogP contribution in [-0.2, 0) is 0 Å². The van der Waals surface area contributed by atoms with Crippen molar-refractivity contribution in [1.82, 2.24) is 0 Å². The maximum absolute atomic E-state index is 6.84. The molecule has 0 bridgehead atoms. The predicted molar refractivity (Wildman–Crippen MR) is 75.8 cm³/mol. The zero-order valence-corrected chi connectivity index (χ0v) is 12.5. The van der Waals surface area contributed by atoms with Gasteiger partial charge in [-0.2, -0.15) is 0 Å². The molecule has 0 aromatic heterocycles. The highest BCUT2D eigenvalue weighted by Crippen LogP contribution is 2.48. The fourth-order valence-corrected chi connectivity index (χ4v) is 3.64. The van der Waals surface area contributed by atoms with Crippen LogP contribution in [0.2, 0.25) is 0 Å². The molecular weight excluding hydrogens is 208 g/mol. The van der Waals surface area contributed by atoms with E-state index >= 15 is 0 Å². The third kappa shape index (κ3) is 3.23. The molecule has 4 N–H and O–H groups in total. The minimum atomic E-state index is -0.111. The minimum Gasteiger partial charge on any atom is -0.326 e. The van der Waals surface area contributed by atoms with Crippen LogP contribution in [0.1, 0.15) is 73.1 Å². The minimum absolute atomic E-state index is 0.0311. The highest BCUT2D eigenvalue weighted by atomic mass is 14.8. The van der Waals surface area contributed by atoms with Gasteiger partial charge in [-0.3, -0.25) is 0 Å². The molecule has 0 saturated heterocycles. The monoisotopic (exact) mass is 240 g/mol. The topological polar surface area (TPSA) is 52.0 Å². The largest absolute Gasteiger partial charge is 0.326 e. The molecule has 0 aliphatic heterocycles. The molecule has 0 heterocycles. The van der Waals surface area contributed by atoms with E-state index in [4.69, 9.17) is 11.5 Å². The van der Waals surface area contributed by atoms with Gasteiger partial charge < -0.3 is 11.5 Å². The molecule has 17 heavy (non-hydrogen) atoms. The molecule has 0 amide bonds. The fraction of sp³-hybridized carbons (Fsp3) is 1.00. The van der Waals surface area contributed by atoms with Crippen LogP contribution in [0.4, 0.5) is 0 Å². The molecule has 102 valence electrons. The SMILES string of the molecule is CC[C@@H](CC(C)(C)N)C1(N)CCCCC1(C)C. The van der Waals surface area contributed by atoms with E-state index in [1.54, 1.807) is 0 Å². The van der Waals surface area contributed by atoms with Crippen LogP contribution in [0.3, 0.4) is 0 Å². The highest BCUT2D eigenvalue weighted by Gasteiger charge is 2.48. The summed E-state index contributed by atoms with van der Waals surface area (Å²) >= 11 is 0. The van der Waals surface area contributed by atoms with Crippen LogP contribution < -0.4 is 11.5 Å². The van der Waals surface area contributed by atoms with E-state index in [1.165, 1.54) is 19.3 Å². The second-order valence-corrected chi connectivity index (χ2v) is 7.43. The summed E-state index contributed by atoms with van der Waals surface area (Å²) in [6.07, 6.45) is 7.19. The Morgan fingerprint density at radius 2 is 1.71 bits per heavy atom. The van der Waals surface area contributed by atoms with E-state index in [9.17, 15) is 0 Å². The first-order valence-electron chi connectivity index (χ1n) is 7.20. The molecule has 1 fully saturated rings. The lowest BCUT2D eigenvalue weighted by atomic mass is 9.56. The van der Waals surface area contributed by atoms with Gasteiger partial charge in [0.2, 0.25) is 0 Å². The van der Waals surface area contributed by atoms with Gasteiger partial charge in [0.1, 0.15) is 0 Å². The molecule has 1 rings (SSSR count). The maximum Gasteiger partial charge on any atom is 0.0235 e. The van der Waals surface area contributed by atoms with Gasteiger partial charge in [0, 0.05) is 11.1 Å². The third-order valence-electron chi connectivity index (χ3n) is 4.90. The van der Waals surface area contributed by atoms with Gasteiger partial charge >= 0.3 is 0 Å². The lowest BCUT2D eigenvalue weighted by molar-refractivity contribution is 0.0303. The number of hydrogen-bond donors (Lipinski definition) is 2. The molecule has 0 spiro atoms. The van der Waals surface area contributed by atoms with Gasteiger partial charge in [-0.05, 0) is 44.4 Å². The zero-order chi connectivity index (χ0) is 13.3. The molecule has 2 heteroatoms. The molecule has 1 unspecified atom stereocenters. The summed E-state index contributed by atoms with van der Waals surface area (Å²) in [5.74, 6) is 0.540. The second kappa shape index (κ2) is 4.89. The van der Waals surface area contributed by atoms with E-state index in [2.05, 4.69) is 34.6 Å². The van der Waals surface area contributed by atoms with Crippen molar-refractivity contribution < 1.29 is 0 Å². The molecule has 1 saturated carbocycles. The van der Waals surface area contributed by atoms with Crippen LogP contribution in [0.15, 0.2) is 0 Å². The van der Waals surface area contributed by atoms with Crippen molar-refractivity contribution in [3.8, 4) is 0 Å². The van der Waals surface area contributed by atoms with E-state index in [1.807, 2.05) is 0 Å². The maximum atomic E-state index is 6.84. The van der Waals surface area contributed by atoms with Crippen molar-refractivity contribution in [3.63, 3.8) is 0 Å². The molecule has 0 aromatic carbocycles. The third-order valence-corrected chi connectivity index (χ3v) is 4.90. The summed E-state index contributed by atoms with van der Waals surface area (Å²) in [4.78, 5) is 0. The summed E-state index contributed by atoms with van der Waals surface area (Å²) in [5.41, 5.74) is 13.2. The van der Waals surface area contributed by atoms with Crippen molar-refractivity contribution in [2.45, 2.75) is 84.2 Å². The summed E-state index contributed by atoms with van der Waals surface area (Å²) in [5, 5.41) is 0. The van der Waals surface area contributed by atoms with E-state index in [0.29, 0.717) is 5.92 Å².